The summed E-state index contributed by atoms with van der Waals surface area (Å²) in [6.07, 6.45) is 0. The fraction of sp³-hybridized carbons (Fsp3) is 0.111. The number of hydrogen-bond donors (Lipinski definition) is 2. The molecule has 0 spiro atoms. The molecule has 0 unspecified atom stereocenters. The maximum Gasteiger partial charge on any atom is 0.168 e. The zero-order chi connectivity index (χ0) is 11.4. The summed E-state index contributed by atoms with van der Waals surface area (Å²) in [5, 5.41) is 11.8. The molecule has 0 atom stereocenters. The number of anilines is 1. The Morgan fingerprint density at radius 2 is 2.33 bits per heavy atom. The highest BCUT2D eigenvalue weighted by Gasteiger charge is 2.12. The molecule has 0 bridgehead atoms. The molecule has 3 N–H and O–H groups in total. The lowest BCUT2D eigenvalue weighted by Crippen LogP contribution is -2.19. The van der Waals surface area contributed by atoms with E-state index in [9.17, 15) is 0 Å². The Morgan fingerprint density at radius 3 is 2.80 bits per heavy atom. The molecule has 78 valence electrons. The molecule has 1 aromatic rings. The van der Waals surface area contributed by atoms with Crippen LogP contribution in [0.5, 0.6) is 5.75 Å². The predicted octanol–water partition coefficient (Wildman–Crippen LogP) is 1.98. The summed E-state index contributed by atoms with van der Waals surface area (Å²) in [4.78, 5) is 0. The van der Waals surface area contributed by atoms with Crippen LogP contribution >= 0.6 is 28.1 Å². The number of thiocarbonyl (C=S) groups is 1. The van der Waals surface area contributed by atoms with E-state index in [2.05, 4.69) is 21.2 Å². The highest BCUT2D eigenvalue weighted by atomic mass is 79.9. The molecule has 1 aromatic carbocycles. The second-order valence-corrected chi connectivity index (χ2v) is 3.90. The van der Waals surface area contributed by atoms with Gasteiger partial charge in [0.25, 0.3) is 0 Å². The number of nitrogens with zero attached hydrogens (tertiary/aromatic N) is 1. The molecule has 0 aliphatic rings. The van der Waals surface area contributed by atoms with Crippen molar-refractivity contribution in [3.63, 3.8) is 0 Å². The molecule has 15 heavy (non-hydrogen) atoms. The van der Waals surface area contributed by atoms with E-state index in [1.807, 2.05) is 6.07 Å². The van der Waals surface area contributed by atoms with E-state index < -0.39 is 0 Å². The van der Waals surface area contributed by atoms with Crippen molar-refractivity contribution in [3.05, 3.63) is 22.2 Å². The largest absolute Gasteiger partial charge is 0.494 e. The van der Waals surface area contributed by atoms with Crippen molar-refractivity contribution >= 4 is 38.9 Å². The molecule has 0 radical (unpaired) electrons. The van der Waals surface area contributed by atoms with Crippen molar-refractivity contribution in [3.8, 4) is 11.8 Å². The van der Waals surface area contributed by atoms with Gasteiger partial charge < -0.3 is 15.8 Å². The van der Waals surface area contributed by atoms with E-state index in [0.717, 1.165) is 0 Å². The number of ether oxygens (including phenoxy) is 1. The van der Waals surface area contributed by atoms with Crippen LogP contribution in [0.2, 0.25) is 0 Å². The van der Waals surface area contributed by atoms with Crippen LogP contribution in [0.15, 0.2) is 16.6 Å². The lowest BCUT2D eigenvalue weighted by molar-refractivity contribution is 0.411. The zero-order valence-electron chi connectivity index (χ0n) is 7.87. The summed E-state index contributed by atoms with van der Waals surface area (Å²) < 4.78 is 5.80. The molecule has 0 aromatic heterocycles. The van der Waals surface area contributed by atoms with Crippen LogP contribution in [0.1, 0.15) is 5.56 Å². The lowest BCUT2D eigenvalue weighted by atomic mass is 10.1. The molecular weight excluding hydrogens is 278 g/mol. The molecule has 0 amide bonds. The number of methoxy groups -OCH3 is 1. The number of hydrogen-bond acceptors (Lipinski definition) is 3. The van der Waals surface area contributed by atoms with Gasteiger partial charge in [0.1, 0.15) is 11.6 Å². The lowest BCUT2D eigenvalue weighted by Gasteiger charge is -2.10. The van der Waals surface area contributed by atoms with Gasteiger partial charge in [0.15, 0.2) is 10.9 Å². The second-order valence-electron chi connectivity index (χ2n) is 2.60. The van der Waals surface area contributed by atoms with Gasteiger partial charge in [-0.25, -0.2) is 0 Å². The Hall–Kier alpha value is -1.32. The molecule has 4 nitrogen and oxygen atoms in total. The number of nitriles is 1. The van der Waals surface area contributed by atoms with Crippen molar-refractivity contribution in [2.75, 3.05) is 12.4 Å². The smallest absolute Gasteiger partial charge is 0.168 e. The maximum atomic E-state index is 8.99. The van der Waals surface area contributed by atoms with E-state index in [1.54, 1.807) is 12.1 Å². The number of nitrogens with two attached hydrogens (primary N) is 1. The molecule has 1 rings (SSSR count). The quantitative estimate of drug-likeness (QED) is 0.813. The van der Waals surface area contributed by atoms with E-state index in [0.29, 0.717) is 21.5 Å². The fourth-order valence-electron chi connectivity index (χ4n) is 1.10. The normalized spacial score (nSPS) is 9.13. The number of halogens is 1. The maximum absolute atomic E-state index is 8.99. The Labute approximate surface area is 101 Å². The van der Waals surface area contributed by atoms with Crippen LogP contribution in [0, 0.1) is 11.3 Å². The van der Waals surface area contributed by atoms with Gasteiger partial charge in [0, 0.05) is 0 Å². The Bertz CT molecular complexity index is 442. The minimum atomic E-state index is 0.107. The van der Waals surface area contributed by atoms with Crippen LogP contribution < -0.4 is 15.8 Å². The minimum Gasteiger partial charge on any atom is -0.494 e. The summed E-state index contributed by atoms with van der Waals surface area (Å²) in [5.41, 5.74) is 6.23. The van der Waals surface area contributed by atoms with Gasteiger partial charge in [0.2, 0.25) is 0 Å². The Kier molecular flexibility index (Phi) is 3.88. The van der Waals surface area contributed by atoms with Gasteiger partial charge in [-0.05, 0) is 40.3 Å². The first-order valence-corrected chi connectivity index (χ1v) is 5.13. The van der Waals surface area contributed by atoms with Gasteiger partial charge in [-0.15, -0.1) is 0 Å². The van der Waals surface area contributed by atoms with Crippen LogP contribution in [0.25, 0.3) is 0 Å². The van der Waals surface area contributed by atoms with Crippen LogP contribution in [0.3, 0.4) is 0 Å². The fourth-order valence-corrected chi connectivity index (χ4v) is 1.71. The molecule has 6 heteroatoms. The average Bonchev–Trinajstić information content (AvgIpc) is 2.19. The van der Waals surface area contributed by atoms with Gasteiger partial charge in [-0.3, -0.25) is 0 Å². The summed E-state index contributed by atoms with van der Waals surface area (Å²) in [5.74, 6) is 0.457. The molecular formula is C9H8BrN3OS. The van der Waals surface area contributed by atoms with Gasteiger partial charge in [0.05, 0.1) is 17.3 Å². The predicted molar refractivity (Wildman–Crippen MR) is 65.8 cm³/mol. The van der Waals surface area contributed by atoms with Crippen molar-refractivity contribution in [2.24, 2.45) is 5.73 Å². The minimum absolute atomic E-state index is 0.107. The SMILES string of the molecule is COc1c(Br)ccc(NC(N)=S)c1C#N. The van der Waals surface area contributed by atoms with Crippen LogP contribution in [0.4, 0.5) is 5.69 Å². The highest BCUT2D eigenvalue weighted by Crippen LogP contribution is 2.33. The number of nitrogens with one attached hydrogen (secondary N) is 1. The van der Waals surface area contributed by atoms with E-state index in [1.165, 1.54) is 7.11 Å². The Morgan fingerprint density at radius 1 is 1.67 bits per heavy atom. The molecule has 0 saturated heterocycles. The third kappa shape index (κ3) is 2.58. The third-order valence-corrected chi connectivity index (χ3v) is 2.41. The van der Waals surface area contributed by atoms with Crippen molar-refractivity contribution in [1.82, 2.24) is 0 Å². The Balaban J connectivity index is 3.30. The second kappa shape index (κ2) is 4.96. The molecule has 0 heterocycles. The molecule has 0 aliphatic carbocycles. The molecule has 0 aliphatic heterocycles. The van der Waals surface area contributed by atoms with Gasteiger partial charge in [-0.2, -0.15) is 5.26 Å². The standard InChI is InChI=1S/C9H8BrN3OS/c1-14-8-5(4-11)7(13-9(12)15)3-2-6(8)10/h2-3H,1H3,(H3,12,13,15). The zero-order valence-corrected chi connectivity index (χ0v) is 10.3. The molecule has 0 fully saturated rings. The first kappa shape index (κ1) is 11.8. The van der Waals surface area contributed by atoms with E-state index in [-0.39, 0.29) is 5.11 Å². The summed E-state index contributed by atoms with van der Waals surface area (Å²) in [6.45, 7) is 0. The summed E-state index contributed by atoms with van der Waals surface area (Å²) in [6, 6.07) is 5.48. The summed E-state index contributed by atoms with van der Waals surface area (Å²) in [7, 11) is 1.49. The topological polar surface area (TPSA) is 71.1 Å². The molecule has 0 saturated carbocycles. The van der Waals surface area contributed by atoms with Crippen molar-refractivity contribution in [1.29, 1.82) is 5.26 Å². The van der Waals surface area contributed by atoms with E-state index >= 15 is 0 Å². The van der Waals surface area contributed by atoms with Crippen LogP contribution in [-0.2, 0) is 0 Å². The third-order valence-electron chi connectivity index (χ3n) is 1.68. The highest BCUT2D eigenvalue weighted by molar-refractivity contribution is 9.10. The first-order valence-electron chi connectivity index (χ1n) is 3.93. The van der Waals surface area contributed by atoms with Crippen molar-refractivity contribution in [2.45, 2.75) is 0 Å². The first-order chi connectivity index (χ1) is 7.10. The van der Waals surface area contributed by atoms with E-state index in [4.69, 9.17) is 28.0 Å². The number of rotatable bonds is 2. The summed E-state index contributed by atoms with van der Waals surface area (Å²) >= 11 is 7.98. The van der Waals surface area contributed by atoms with Gasteiger partial charge in [-0.1, -0.05) is 0 Å². The van der Waals surface area contributed by atoms with Crippen molar-refractivity contribution < 1.29 is 4.74 Å². The average molecular weight is 286 g/mol. The monoisotopic (exact) mass is 285 g/mol. The van der Waals surface area contributed by atoms with Crippen LogP contribution in [-0.4, -0.2) is 12.2 Å². The number of benzene rings is 1. The van der Waals surface area contributed by atoms with Gasteiger partial charge >= 0.3 is 0 Å².